The van der Waals surface area contributed by atoms with Crippen LogP contribution in [0.5, 0.6) is 0 Å². The van der Waals surface area contributed by atoms with Crippen molar-refractivity contribution in [2.45, 2.75) is 24.8 Å². The summed E-state index contributed by atoms with van der Waals surface area (Å²) >= 11 is 0. The van der Waals surface area contributed by atoms with Gasteiger partial charge in [0.25, 0.3) is 0 Å². The van der Waals surface area contributed by atoms with Crippen molar-refractivity contribution in [3.05, 3.63) is 42.5 Å². The first kappa shape index (κ1) is 26.8. The molecule has 0 amide bonds. The summed E-state index contributed by atoms with van der Waals surface area (Å²) in [4.78, 5) is 20.1. The van der Waals surface area contributed by atoms with E-state index >= 15 is 0 Å². The number of piperidine rings is 1. The SMILES string of the molecule is O=C(O)C(F)(F)F.O=C(O)C(F)(F)F.c1ccc(-c2ccc(N3CCC4CNC4C3)nn2)cc1. The molecule has 0 aliphatic carbocycles. The van der Waals surface area contributed by atoms with Crippen LogP contribution in [0.15, 0.2) is 42.5 Å². The third-order valence-corrected chi connectivity index (χ3v) is 4.93. The van der Waals surface area contributed by atoms with Gasteiger partial charge in [-0.2, -0.15) is 26.3 Å². The fourth-order valence-corrected chi connectivity index (χ4v) is 3.08. The number of rotatable bonds is 2. The Labute approximate surface area is 189 Å². The number of fused-ring (bicyclic) bond motifs is 1. The van der Waals surface area contributed by atoms with Crippen LogP contribution in [0.4, 0.5) is 32.2 Å². The smallest absolute Gasteiger partial charge is 0.475 e. The van der Waals surface area contributed by atoms with Crippen LogP contribution in [0.25, 0.3) is 11.3 Å². The average molecular weight is 494 g/mol. The van der Waals surface area contributed by atoms with Gasteiger partial charge in [-0.25, -0.2) is 9.59 Å². The number of anilines is 1. The van der Waals surface area contributed by atoms with Crippen LogP contribution < -0.4 is 10.2 Å². The molecule has 2 aliphatic rings. The molecule has 0 saturated carbocycles. The number of carbonyl (C=O) groups is 2. The predicted octanol–water partition coefficient (Wildman–Crippen LogP) is 3.21. The third kappa shape index (κ3) is 7.86. The molecule has 2 unspecified atom stereocenters. The van der Waals surface area contributed by atoms with E-state index in [2.05, 4.69) is 44.7 Å². The van der Waals surface area contributed by atoms with Crippen LogP contribution in [-0.4, -0.2) is 70.4 Å². The van der Waals surface area contributed by atoms with Gasteiger partial charge in [-0.15, -0.1) is 10.2 Å². The zero-order valence-corrected chi connectivity index (χ0v) is 17.3. The monoisotopic (exact) mass is 494 g/mol. The maximum atomic E-state index is 10.6. The number of alkyl halides is 6. The fraction of sp³-hybridized carbons (Fsp3) is 0.400. The second kappa shape index (κ2) is 11.1. The molecule has 1 aromatic carbocycles. The van der Waals surface area contributed by atoms with Crippen molar-refractivity contribution in [1.29, 1.82) is 0 Å². The van der Waals surface area contributed by atoms with Gasteiger partial charge in [0.05, 0.1) is 5.69 Å². The molecule has 0 radical (unpaired) electrons. The van der Waals surface area contributed by atoms with Crippen LogP contribution >= 0.6 is 0 Å². The number of hydrogen-bond donors (Lipinski definition) is 3. The number of halogens is 6. The predicted molar refractivity (Wildman–Crippen MR) is 107 cm³/mol. The Hall–Kier alpha value is -3.42. The van der Waals surface area contributed by atoms with E-state index in [1.165, 1.54) is 13.0 Å². The number of nitrogens with one attached hydrogen (secondary N) is 1. The van der Waals surface area contributed by atoms with Crippen LogP contribution in [0, 0.1) is 5.92 Å². The van der Waals surface area contributed by atoms with Crippen molar-refractivity contribution in [3.63, 3.8) is 0 Å². The topological polar surface area (TPSA) is 116 Å². The van der Waals surface area contributed by atoms with Crippen molar-refractivity contribution in [1.82, 2.24) is 15.5 Å². The quantitative estimate of drug-likeness (QED) is 0.546. The number of aromatic nitrogens is 2. The van der Waals surface area contributed by atoms with Crippen molar-refractivity contribution < 1.29 is 46.1 Å². The maximum Gasteiger partial charge on any atom is 0.490 e. The summed E-state index contributed by atoms with van der Waals surface area (Å²) in [6.45, 7) is 3.35. The Morgan fingerprint density at radius 3 is 1.85 bits per heavy atom. The van der Waals surface area contributed by atoms with E-state index in [1.807, 2.05) is 18.2 Å². The van der Waals surface area contributed by atoms with Crippen LogP contribution in [0.3, 0.4) is 0 Å². The molecule has 14 heteroatoms. The Bertz CT molecular complexity index is 930. The van der Waals surface area contributed by atoms with Gasteiger partial charge in [0.2, 0.25) is 0 Å². The van der Waals surface area contributed by atoms with Crippen molar-refractivity contribution in [2.24, 2.45) is 5.92 Å². The molecule has 3 heterocycles. The first-order chi connectivity index (χ1) is 15.8. The molecule has 2 aromatic rings. The summed E-state index contributed by atoms with van der Waals surface area (Å²) in [6, 6.07) is 15.0. The van der Waals surface area contributed by atoms with Gasteiger partial charge < -0.3 is 20.4 Å². The molecule has 3 N–H and O–H groups in total. The molecule has 0 bridgehead atoms. The molecular formula is C20H20F6N4O4. The lowest BCUT2D eigenvalue weighted by Gasteiger charge is -2.46. The van der Waals surface area contributed by atoms with Crippen molar-refractivity contribution in [3.8, 4) is 11.3 Å². The van der Waals surface area contributed by atoms with Crippen molar-refractivity contribution >= 4 is 17.8 Å². The molecule has 34 heavy (non-hydrogen) atoms. The third-order valence-electron chi connectivity index (χ3n) is 4.93. The maximum absolute atomic E-state index is 10.6. The Kier molecular flexibility index (Phi) is 8.79. The Morgan fingerprint density at radius 2 is 1.47 bits per heavy atom. The van der Waals surface area contributed by atoms with Gasteiger partial charge in [-0.1, -0.05) is 30.3 Å². The summed E-state index contributed by atoms with van der Waals surface area (Å²) in [7, 11) is 0. The highest BCUT2D eigenvalue weighted by molar-refractivity contribution is 5.73. The van der Waals surface area contributed by atoms with E-state index in [0.29, 0.717) is 6.04 Å². The highest BCUT2D eigenvalue weighted by Gasteiger charge is 2.39. The molecule has 2 fully saturated rings. The molecule has 186 valence electrons. The Morgan fingerprint density at radius 1 is 0.912 bits per heavy atom. The Balaban J connectivity index is 0.000000244. The highest BCUT2D eigenvalue weighted by atomic mass is 19.4. The summed E-state index contributed by atoms with van der Waals surface area (Å²) < 4.78 is 63.5. The molecule has 2 atom stereocenters. The zero-order chi connectivity index (χ0) is 25.5. The minimum Gasteiger partial charge on any atom is -0.475 e. The fourth-order valence-electron chi connectivity index (χ4n) is 3.08. The minimum atomic E-state index is -5.08. The number of carboxylic acids is 2. The van der Waals surface area contributed by atoms with Gasteiger partial charge in [0, 0.05) is 24.7 Å². The molecule has 8 nitrogen and oxygen atoms in total. The first-order valence-corrected chi connectivity index (χ1v) is 9.76. The second-order valence-corrected chi connectivity index (χ2v) is 7.26. The lowest BCUT2D eigenvalue weighted by Crippen LogP contribution is -2.62. The molecule has 1 aromatic heterocycles. The summed E-state index contributed by atoms with van der Waals surface area (Å²) in [5.74, 6) is -3.64. The zero-order valence-electron chi connectivity index (χ0n) is 17.3. The number of aliphatic carboxylic acids is 2. The molecule has 2 saturated heterocycles. The van der Waals surface area contributed by atoms with E-state index in [9.17, 15) is 26.3 Å². The van der Waals surface area contributed by atoms with Gasteiger partial charge in [-0.3, -0.25) is 0 Å². The first-order valence-electron chi connectivity index (χ1n) is 9.76. The van der Waals surface area contributed by atoms with Crippen LogP contribution in [-0.2, 0) is 9.59 Å². The molecular weight excluding hydrogens is 474 g/mol. The number of nitrogens with zero attached hydrogens (tertiary/aromatic N) is 3. The summed E-state index contributed by atoms with van der Waals surface area (Å²) in [5.41, 5.74) is 2.05. The van der Waals surface area contributed by atoms with Gasteiger partial charge >= 0.3 is 24.3 Å². The summed E-state index contributed by atoms with van der Waals surface area (Å²) in [6.07, 6.45) is -8.90. The van der Waals surface area contributed by atoms with E-state index < -0.39 is 24.3 Å². The van der Waals surface area contributed by atoms with Crippen LogP contribution in [0.2, 0.25) is 0 Å². The number of hydrogen-bond acceptors (Lipinski definition) is 6. The largest absolute Gasteiger partial charge is 0.490 e. The van der Waals surface area contributed by atoms with E-state index in [4.69, 9.17) is 19.8 Å². The second-order valence-electron chi connectivity index (χ2n) is 7.26. The van der Waals surface area contributed by atoms with E-state index in [-0.39, 0.29) is 0 Å². The average Bonchev–Trinajstić information content (AvgIpc) is 2.75. The van der Waals surface area contributed by atoms with E-state index in [1.54, 1.807) is 0 Å². The van der Waals surface area contributed by atoms with Gasteiger partial charge in [0.1, 0.15) is 0 Å². The molecule has 2 aliphatic heterocycles. The van der Waals surface area contributed by atoms with Crippen LogP contribution in [0.1, 0.15) is 6.42 Å². The lowest BCUT2D eigenvalue weighted by atomic mass is 9.85. The molecule has 4 rings (SSSR count). The number of carboxylic acid groups (broad SMARTS) is 2. The van der Waals surface area contributed by atoms with Gasteiger partial charge in [0.15, 0.2) is 5.82 Å². The van der Waals surface area contributed by atoms with Crippen molar-refractivity contribution in [2.75, 3.05) is 24.5 Å². The standard InChI is InChI=1S/C16H18N4.2C2HF3O2/c1-2-4-12(5-3-1)14-6-7-16(19-18-14)20-9-8-13-10-17-15(13)11-20;2*3-2(4,5)1(6)7/h1-7,13,15,17H,8-11H2;2*(H,6,7). The lowest BCUT2D eigenvalue weighted by molar-refractivity contribution is -0.193. The normalized spacial score (nSPS) is 19.3. The van der Waals surface area contributed by atoms with E-state index in [0.717, 1.165) is 36.1 Å². The van der Waals surface area contributed by atoms with Gasteiger partial charge in [-0.05, 0) is 31.0 Å². The summed E-state index contributed by atoms with van der Waals surface area (Å²) in [5, 5.41) is 26.5. The minimum absolute atomic E-state index is 0.652. The number of benzene rings is 1. The molecule has 0 spiro atoms. The highest BCUT2D eigenvalue weighted by Crippen LogP contribution is 2.27.